The quantitative estimate of drug-likeness (QED) is 0.395. The highest BCUT2D eigenvalue weighted by atomic mass is 19.1. The van der Waals surface area contributed by atoms with Gasteiger partial charge in [0, 0.05) is 32.7 Å². The van der Waals surface area contributed by atoms with E-state index >= 15 is 0 Å². The fourth-order valence-electron chi connectivity index (χ4n) is 4.87. The molecule has 4 aromatic rings. The standard InChI is InChI=1S/C25H28FN9O/c1-2-3-21-29-24-18-15-28-34(23(18)30-25(27)35(24)31-21)13-10-32-8-11-33(12-9-32)20-14-17(6-7-19(20)26)22(36)16-4-5-16/h6-7,14-16,22,36H,4-5,8-13H2,1H3,(H2,27,30)/t22-/m1/s1. The van der Waals surface area contributed by atoms with Gasteiger partial charge in [0.25, 0.3) is 0 Å². The highest BCUT2D eigenvalue weighted by Gasteiger charge is 2.31. The molecule has 1 saturated heterocycles. The number of hydrogen-bond donors (Lipinski definition) is 2. The van der Waals surface area contributed by atoms with Crippen LogP contribution in [-0.4, -0.2) is 72.1 Å². The molecule has 3 N–H and O–H groups in total. The van der Waals surface area contributed by atoms with Crippen LogP contribution in [0.2, 0.25) is 0 Å². The predicted molar refractivity (Wildman–Crippen MR) is 134 cm³/mol. The normalized spacial score (nSPS) is 17.5. The van der Waals surface area contributed by atoms with Crippen molar-refractivity contribution in [3.63, 3.8) is 0 Å². The van der Waals surface area contributed by atoms with E-state index in [-0.39, 0.29) is 11.8 Å². The van der Waals surface area contributed by atoms with E-state index in [4.69, 9.17) is 5.73 Å². The lowest BCUT2D eigenvalue weighted by Gasteiger charge is -2.36. The molecule has 4 heterocycles. The van der Waals surface area contributed by atoms with Crippen LogP contribution in [0.1, 0.15) is 37.3 Å². The summed E-state index contributed by atoms with van der Waals surface area (Å²) < 4.78 is 17.9. The van der Waals surface area contributed by atoms with Gasteiger partial charge < -0.3 is 15.7 Å². The number of benzene rings is 1. The number of rotatable bonds is 6. The topological polar surface area (TPSA) is 114 Å². The average molecular weight is 490 g/mol. The largest absolute Gasteiger partial charge is 0.388 e. The molecule has 1 saturated carbocycles. The van der Waals surface area contributed by atoms with E-state index in [9.17, 15) is 9.50 Å². The van der Waals surface area contributed by atoms with Crippen molar-refractivity contribution < 1.29 is 9.50 Å². The van der Waals surface area contributed by atoms with Gasteiger partial charge in [0.15, 0.2) is 11.3 Å². The molecule has 1 aliphatic heterocycles. The molecule has 3 aromatic heterocycles. The van der Waals surface area contributed by atoms with Crippen LogP contribution in [0.4, 0.5) is 16.0 Å². The molecule has 2 fully saturated rings. The van der Waals surface area contributed by atoms with Crippen LogP contribution in [-0.2, 0) is 6.54 Å². The third-order valence-corrected chi connectivity index (χ3v) is 7.06. The zero-order valence-corrected chi connectivity index (χ0v) is 20.1. The molecule has 0 bridgehead atoms. The summed E-state index contributed by atoms with van der Waals surface area (Å²) in [6, 6.07) is 5.01. The third-order valence-electron chi connectivity index (χ3n) is 7.06. The summed E-state index contributed by atoms with van der Waals surface area (Å²) in [7, 11) is 0. The first kappa shape index (κ1) is 22.7. The molecule has 1 aromatic carbocycles. The second-order valence-corrected chi connectivity index (χ2v) is 9.44. The minimum Gasteiger partial charge on any atom is -0.388 e. The van der Waals surface area contributed by atoms with Crippen LogP contribution >= 0.6 is 0 Å². The Morgan fingerprint density at radius 3 is 2.69 bits per heavy atom. The fourth-order valence-corrected chi connectivity index (χ4v) is 4.87. The Bertz CT molecular complexity index is 1490. The number of aromatic nitrogens is 6. The van der Waals surface area contributed by atoms with Crippen molar-refractivity contribution in [3.8, 4) is 11.8 Å². The Morgan fingerprint density at radius 2 is 1.94 bits per heavy atom. The molecule has 1 aliphatic carbocycles. The molecule has 0 spiro atoms. The van der Waals surface area contributed by atoms with E-state index in [1.54, 1.807) is 19.2 Å². The summed E-state index contributed by atoms with van der Waals surface area (Å²) in [5.41, 5.74) is 8.77. The maximum atomic E-state index is 14.6. The number of fused-ring (bicyclic) bond motifs is 3. The van der Waals surface area contributed by atoms with E-state index in [1.807, 2.05) is 10.7 Å². The lowest BCUT2D eigenvalue weighted by atomic mass is 10.0. The SMILES string of the molecule is CC#Cc1nc2c3cnn(CCN4CCN(c5cc([C@H](O)C6CC6)ccc5F)CC4)c3nc(N)n2n1. The van der Waals surface area contributed by atoms with Gasteiger partial charge in [-0.3, -0.25) is 4.90 Å². The monoisotopic (exact) mass is 489 g/mol. The van der Waals surface area contributed by atoms with Gasteiger partial charge in [0.2, 0.25) is 11.8 Å². The highest BCUT2D eigenvalue weighted by molar-refractivity contribution is 5.89. The van der Waals surface area contributed by atoms with Gasteiger partial charge in [-0.15, -0.1) is 5.10 Å². The van der Waals surface area contributed by atoms with Gasteiger partial charge >= 0.3 is 0 Å². The number of nitrogens with two attached hydrogens (primary N) is 1. The smallest absolute Gasteiger partial charge is 0.226 e. The summed E-state index contributed by atoms with van der Waals surface area (Å²) in [4.78, 5) is 13.4. The minimum atomic E-state index is -0.498. The van der Waals surface area contributed by atoms with Crippen LogP contribution in [0.3, 0.4) is 0 Å². The Morgan fingerprint density at radius 1 is 1.14 bits per heavy atom. The second kappa shape index (κ2) is 9.04. The third kappa shape index (κ3) is 4.12. The number of nitrogen functional groups attached to an aromatic ring is 1. The lowest BCUT2D eigenvalue weighted by molar-refractivity contribution is 0.153. The maximum Gasteiger partial charge on any atom is 0.226 e. The van der Waals surface area contributed by atoms with Crippen molar-refractivity contribution in [3.05, 3.63) is 41.6 Å². The number of anilines is 2. The number of piperazine rings is 1. The summed E-state index contributed by atoms with van der Waals surface area (Å²) in [6.45, 7) is 6.18. The van der Waals surface area contributed by atoms with Gasteiger partial charge in [-0.1, -0.05) is 12.0 Å². The van der Waals surface area contributed by atoms with Crippen LogP contribution < -0.4 is 10.6 Å². The Balaban J connectivity index is 1.12. The molecular formula is C25H28FN9O. The number of halogens is 1. The van der Waals surface area contributed by atoms with Crippen LogP contribution in [0.15, 0.2) is 24.4 Å². The first-order valence-corrected chi connectivity index (χ1v) is 12.3. The van der Waals surface area contributed by atoms with E-state index in [1.165, 1.54) is 10.6 Å². The molecule has 6 rings (SSSR count). The molecule has 0 amide bonds. The Labute approximate surface area is 207 Å². The van der Waals surface area contributed by atoms with Crippen molar-refractivity contribution in [2.24, 2.45) is 5.92 Å². The lowest BCUT2D eigenvalue weighted by Crippen LogP contribution is -2.47. The van der Waals surface area contributed by atoms with Gasteiger partial charge in [0.1, 0.15) is 5.82 Å². The summed E-state index contributed by atoms with van der Waals surface area (Å²) in [5.74, 6) is 6.35. The van der Waals surface area contributed by atoms with Gasteiger partial charge in [0.05, 0.1) is 29.9 Å². The molecule has 10 nitrogen and oxygen atoms in total. The first-order chi connectivity index (χ1) is 17.5. The number of aliphatic hydroxyl groups is 1. The average Bonchev–Trinajstić information content (AvgIpc) is 3.53. The molecule has 186 valence electrons. The van der Waals surface area contributed by atoms with Crippen molar-refractivity contribution in [1.29, 1.82) is 0 Å². The van der Waals surface area contributed by atoms with E-state index in [0.717, 1.165) is 43.4 Å². The van der Waals surface area contributed by atoms with E-state index < -0.39 is 6.10 Å². The number of hydrogen-bond acceptors (Lipinski definition) is 8. The second-order valence-electron chi connectivity index (χ2n) is 9.44. The number of aliphatic hydroxyl groups excluding tert-OH is 1. The van der Waals surface area contributed by atoms with E-state index in [2.05, 4.69) is 41.8 Å². The van der Waals surface area contributed by atoms with Gasteiger partial charge in [-0.2, -0.15) is 19.6 Å². The Kier molecular flexibility index (Phi) is 5.70. The molecular weight excluding hydrogens is 461 g/mol. The molecule has 2 aliphatic rings. The minimum absolute atomic E-state index is 0.237. The molecule has 11 heteroatoms. The zero-order valence-electron chi connectivity index (χ0n) is 20.1. The van der Waals surface area contributed by atoms with Crippen LogP contribution in [0, 0.1) is 23.6 Å². The van der Waals surface area contributed by atoms with Gasteiger partial charge in [-0.25, -0.2) is 9.07 Å². The van der Waals surface area contributed by atoms with Crippen molar-refractivity contribution >= 4 is 28.3 Å². The first-order valence-electron chi connectivity index (χ1n) is 12.3. The zero-order chi connectivity index (χ0) is 24.8. The summed E-state index contributed by atoms with van der Waals surface area (Å²) in [5, 5.41) is 20.1. The predicted octanol–water partition coefficient (Wildman–Crippen LogP) is 1.83. The highest BCUT2D eigenvalue weighted by Crippen LogP contribution is 2.41. The van der Waals surface area contributed by atoms with Crippen LogP contribution in [0.25, 0.3) is 16.7 Å². The molecule has 36 heavy (non-hydrogen) atoms. The Hall–Kier alpha value is -3.75. The van der Waals surface area contributed by atoms with Crippen molar-refractivity contribution in [1.82, 2.24) is 34.3 Å². The van der Waals surface area contributed by atoms with Crippen LogP contribution in [0.5, 0.6) is 0 Å². The summed E-state index contributed by atoms with van der Waals surface area (Å²) >= 11 is 0. The van der Waals surface area contributed by atoms with Crippen molar-refractivity contribution in [2.75, 3.05) is 43.4 Å². The molecule has 0 unspecified atom stereocenters. The van der Waals surface area contributed by atoms with E-state index in [0.29, 0.717) is 48.4 Å². The number of nitrogens with zero attached hydrogens (tertiary/aromatic N) is 8. The van der Waals surface area contributed by atoms with Crippen molar-refractivity contribution in [2.45, 2.75) is 32.4 Å². The molecule has 1 atom stereocenters. The molecule has 0 radical (unpaired) electrons. The maximum absolute atomic E-state index is 14.6. The van der Waals surface area contributed by atoms with Gasteiger partial charge in [-0.05, 0) is 49.3 Å². The summed E-state index contributed by atoms with van der Waals surface area (Å²) in [6.07, 6.45) is 3.32. The fraction of sp³-hybridized carbons (Fsp3) is 0.440.